The van der Waals surface area contributed by atoms with Crippen LogP contribution in [0.15, 0.2) is 6.07 Å². The topological polar surface area (TPSA) is 25.2 Å². The van der Waals surface area contributed by atoms with E-state index >= 15 is 0 Å². The van der Waals surface area contributed by atoms with Crippen LogP contribution in [0.25, 0.3) is 0 Å². The van der Waals surface area contributed by atoms with Crippen LogP contribution in [0, 0.1) is 13.8 Å². The summed E-state index contributed by atoms with van der Waals surface area (Å²) < 4.78 is 2.56. The molecule has 0 spiro atoms. The Kier molecular flexibility index (Phi) is 5.20. The number of aryl methyl sites for hydroxylation is 1. The maximum absolute atomic E-state index is 12.6. The van der Waals surface area contributed by atoms with Gasteiger partial charge in [0.05, 0.1) is 6.54 Å². The molecule has 1 aliphatic heterocycles. The maximum atomic E-state index is 12.6. The molecule has 21 heavy (non-hydrogen) atoms. The Balaban J connectivity index is 2.05. The summed E-state index contributed by atoms with van der Waals surface area (Å²) in [6, 6.07) is 2.05. The highest BCUT2D eigenvalue weighted by atomic mass is 32.2. The van der Waals surface area contributed by atoms with E-state index in [0.29, 0.717) is 11.3 Å². The second kappa shape index (κ2) is 6.57. The molecule has 0 amide bonds. The van der Waals surface area contributed by atoms with E-state index in [2.05, 4.69) is 50.2 Å². The van der Waals surface area contributed by atoms with E-state index in [4.69, 9.17) is 0 Å². The Hall–Kier alpha value is -0.740. The quantitative estimate of drug-likeness (QED) is 0.796. The summed E-state index contributed by atoms with van der Waals surface area (Å²) >= 11 is 2.02. The van der Waals surface area contributed by atoms with E-state index in [1.165, 1.54) is 5.69 Å². The van der Waals surface area contributed by atoms with Gasteiger partial charge < -0.3 is 4.57 Å². The summed E-state index contributed by atoms with van der Waals surface area (Å²) in [5, 5.41) is 0. The molecule has 0 aromatic carbocycles. The van der Waals surface area contributed by atoms with Gasteiger partial charge >= 0.3 is 0 Å². The van der Waals surface area contributed by atoms with Crippen molar-refractivity contribution < 1.29 is 4.79 Å². The molecule has 1 fully saturated rings. The number of nitrogens with zero attached hydrogens (tertiary/aromatic N) is 2. The van der Waals surface area contributed by atoms with Crippen LogP contribution < -0.4 is 0 Å². The Labute approximate surface area is 133 Å². The molecule has 0 N–H and O–H groups in total. The van der Waals surface area contributed by atoms with Gasteiger partial charge in [0.1, 0.15) is 0 Å². The average Bonchev–Trinajstić information content (AvgIpc) is 2.58. The van der Waals surface area contributed by atoms with Crippen LogP contribution in [0.4, 0.5) is 0 Å². The number of carbonyl (C=O) groups is 1. The third-order valence-electron chi connectivity index (χ3n) is 4.49. The van der Waals surface area contributed by atoms with Crippen LogP contribution in [-0.2, 0) is 6.54 Å². The minimum absolute atomic E-state index is 0.271. The predicted octanol–water partition coefficient (Wildman–Crippen LogP) is 3.53. The standard InChI is InChI=1S/C17H28N2OS/c1-6-19-13(2)11-15(14(19)3)16(20)12-18-8-7-17(4,5)21-10-9-18/h11H,6-10,12H2,1-5H3. The molecule has 0 unspecified atom stereocenters. The van der Waals surface area contributed by atoms with E-state index < -0.39 is 0 Å². The van der Waals surface area contributed by atoms with Crippen molar-refractivity contribution in [1.82, 2.24) is 9.47 Å². The van der Waals surface area contributed by atoms with E-state index in [0.717, 1.165) is 43.1 Å². The van der Waals surface area contributed by atoms with E-state index in [9.17, 15) is 4.79 Å². The van der Waals surface area contributed by atoms with Gasteiger partial charge in [-0.1, -0.05) is 13.8 Å². The molecule has 0 bridgehead atoms. The van der Waals surface area contributed by atoms with Crippen molar-refractivity contribution in [2.45, 2.75) is 52.3 Å². The molecule has 0 radical (unpaired) electrons. The molecule has 0 aliphatic carbocycles. The van der Waals surface area contributed by atoms with Crippen molar-refractivity contribution in [3.05, 3.63) is 23.0 Å². The lowest BCUT2D eigenvalue weighted by Crippen LogP contribution is -2.32. The van der Waals surface area contributed by atoms with E-state index in [1.807, 2.05) is 11.8 Å². The van der Waals surface area contributed by atoms with Crippen LogP contribution in [0.3, 0.4) is 0 Å². The van der Waals surface area contributed by atoms with Crippen molar-refractivity contribution >= 4 is 17.5 Å². The molecule has 2 heterocycles. The molecule has 1 aromatic rings. The van der Waals surface area contributed by atoms with Crippen molar-refractivity contribution in [2.75, 3.05) is 25.4 Å². The lowest BCUT2D eigenvalue weighted by Gasteiger charge is -2.22. The fraction of sp³-hybridized carbons (Fsp3) is 0.706. The van der Waals surface area contributed by atoms with Crippen LogP contribution in [0.5, 0.6) is 0 Å². The lowest BCUT2D eigenvalue weighted by molar-refractivity contribution is 0.0933. The van der Waals surface area contributed by atoms with E-state index in [1.54, 1.807) is 0 Å². The number of ketones is 1. The molecule has 118 valence electrons. The zero-order valence-corrected chi connectivity index (χ0v) is 14.8. The summed E-state index contributed by atoms with van der Waals surface area (Å²) in [4.78, 5) is 14.9. The van der Waals surface area contributed by atoms with Crippen molar-refractivity contribution in [2.24, 2.45) is 0 Å². The van der Waals surface area contributed by atoms with Gasteiger partial charge in [-0.15, -0.1) is 0 Å². The molecule has 1 aliphatic rings. The van der Waals surface area contributed by atoms with Gasteiger partial charge in [0, 0.05) is 40.5 Å². The summed E-state index contributed by atoms with van der Waals surface area (Å²) in [5.41, 5.74) is 3.21. The summed E-state index contributed by atoms with van der Waals surface area (Å²) in [5.74, 6) is 1.39. The predicted molar refractivity (Wildman–Crippen MR) is 91.5 cm³/mol. The molecular weight excluding hydrogens is 280 g/mol. The number of Topliss-reactive ketones (excluding diaryl/α,β-unsaturated/α-hetero) is 1. The van der Waals surface area contributed by atoms with Crippen molar-refractivity contribution in [3.63, 3.8) is 0 Å². The second-order valence-electron chi connectivity index (χ2n) is 6.59. The molecule has 1 aromatic heterocycles. The van der Waals surface area contributed by atoms with Gasteiger partial charge in [-0.05, 0) is 39.8 Å². The van der Waals surface area contributed by atoms with Gasteiger partial charge in [0.15, 0.2) is 5.78 Å². The number of hydrogen-bond acceptors (Lipinski definition) is 3. The first-order chi connectivity index (χ1) is 9.84. The fourth-order valence-electron chi connectivity index (χ4n) is 3.08. The highest BCUT2D eigenvalue weighted by molar-refractivity contribution is 8.00. The third-order valence-corrected chi connectivity index (χ3v) is 5.86. The molecule has 0 atom stereocenters. The maximum Gasteiger partial charge on any atom is 0.178 e. The number of rotatable bonds is 4. The first-order valence-corrected chi connectivity index (χ1v) is 8.89. The van der Waals surface area contributed by atoms with Gasteiger partial charge in [-0.3, -0.25) is 9.69 Å². The number of aromatic nitrogens is 1. The third kappa shape index (κ3) is 3.92. The van der Waals surface area contributed by atoms with Gasteiger partial charge in [0.25, 0.3) is 0 Å². The minimum atomic E-state index is 0.271. The molecule has 1 saturated heterocycles. The molecule has 3 nitrogen and oxygen atoms in total. The van der Waals surface area contributed by atoms with Gasteiger partial charge in [0.2, 0.25) is 0 Å². The monoisotopic (exact) mass is 308 g/mol. The first-order valence-electron chi connectivity index (χ1n) is 7.90. The van der Waals surface area contributed by atoms with E-state index in [-0.39, 0.29) is 5.78 Å². The zero-order valence-electron chi connectivity index (χ0n) is 14.0. The fourth-order valence-corrected chi connectivity index (χ4v) is 4.22. The first kappa shape index (κ1) is 16.6. The van der Waals surface area contributed by atoms with Crippen LogP contribution in [-0.4, -0.2) is 45.4 Å². The van der Waals surface area contributed by atoms with Crippen molar-refractivity contribution in [1.29, 1.82) is 0 Å². The number of carbonyl (C=O) groups excluding carboxylic acids is 1. The average molecular weight is 308 g/mol. The molecule has 0 saturated carbocycles. The number of hydrogen-bond donors (Lipinski definition) is 0. The Morgan fingerprint density at radius 3 is 2.67 bits per heavy atom. The van der Waals surface area contributed by atoms with Crippen LogP contribution in [0.2, 0.25) is 0 Å². The van der Waals surface area contributed by atoms with Crippen LogP contribution in [0.1, 0.15) is 48.9 Å². The summed E-state index contributed by atoms with van der Waals surface area (Å²) in [7, 11) is 0. The Morgan fingerprint density at radius 2 is 2.05 bits per heavy atom. The SMILES string of the molecule is CCn1c(C)cc(C(=O)CN2CCSC(C)(C)CC2)c1C. The molecular formula is C17H28N2OS. The lowest BCUT2D eigenvalue weighted by atomic mass is 10.1. The Bertz CT molecular complexity index is 519. The van der Waals surface area contributed by atoms with Gasteiger partial charge in [-0.25, -0.2) is 0 Å². The molecule has 4 heteroatoms. The largest absolute Gasteiger partial charge is 0.349 e. The highest BCUT2D eigenvalue weighted by Gasteiger charge is 2.25. The Morgan fingerprint density at radius 1 is 1.33 bits per heavy atom. The minimum Gasteiger partial charge on any atom is -0.349 e. The summed E-state index contributed by atoms with van der Waals surface area (Å²) in [6.07, 6.45) is 1.15. The summed E-state index contributed by atoms with van der Waals surface area (Å²) in [6.45, 7) is 14.4. The number of thioether (sulfide) groups is 1. The molecule has 2 rings (SSSR count). The van der Waals surface area contributed by atoms with Gasteiger partial charge in [-0.2, -0.15) is 11.8 Å². The van der Waals surface area contributed by atoms with Crippen molar-refractivity contribution in [3.8, 4) is 0 Å². The highest BCUT2D eigenvalue weighted by Crippen LogP contribution is 2.30. The zero-order chi connectivity index (χ0) is 15.6. The normalized spacial score (nSPS) is 19.5. The van der Waals surface area contributed by atoms with Crippen LogP contribution >= 0.6 is 11.8 Å². The second-order valence-corrected chi connectivity index (χ2v) is 8.39. The smallest absolute Gasteiger partial charge is 0.178 e.